The molecule has 0 saturated heterocycles. The van der Waals surface area contributed by atoms with Gasteiger partial charge in [-0.3, -0.25) is 4.79 Å². The highest BCUT2D eigenvalue weighted by Crippen LogP contribution is 2.41. The van der Waals surface area contributed by atoms with Crippen LogP contribution in [-0.2, 0) is 17.6 Å². The minimum atomic E-state index is 0.0617. The first-order valence-electron chi connectivity index (χ1n) is 7.89. The van der Waals surface area contributed by atoms with Gasteiger partial charge in [0.1, 0.15) is 0 Å². The van der Waals surface area contributed by atoms with Crippen LogP contribution in [0.25, 0.3) is 0 Å². The minimum absolute atomic E-state index is 0.0617. The number of fused-ring (bicyclic) bond motifs is 2. The lowest BCUT2D eigenvalue weighted by Gasteiger charge is -2.36. The number of benzene rings is 1. The van der Waals surface area contributed by atoms with Crippen LogP contribution >= 0.6 is 23.1 Å². The van der Waals surface area contributed by atoms with Crippen LogP contribution in [0.3, 0.4) is 0 Å². The summed E-state index contributed by atoms with van der Waals surface area (Å²) in [5.74, 6) is 0.324. The molecule has 0 aliphatic carbocycles. The van der Waals surface area contributed by atoms with Crippen molar-refractivity contribution in [3.8, 4) is 0 Å². The van der Waals surface area contributed by atoms with Crippen molar-refractivity contribution in [2.45, 2.75) is 42.4 Å². The van der Waals surface area contributed by atoms with Crippen LogP contribution in [0.2, 0.25) is 0 Å². The third-order valence-electron chi connectivity index (χ3n) is 4.69. The third kappa shape index (κ3) is 2.29. The summed E-state index contributed by atoms with van der Waals surface area (Å²) in [6, 6.07) is 10.9. The van der Waals surface area contributed by atoms with E-state index in [4.69, 9.17) is 0 Å². The lowest BCUT2D eigenvalue weighted by molar-refractivity contribution is -0.133. The van der Waals surface area contributed by atoms with Crippen LogP contribution in [0.15, 0.2) is 40.6 Å². The third-order valence-corrected chi connectivity index (χ3v) is 6.99. The zero-order chi connectivity index (χ0) is 15.1. The normalized spacial score (nSPS) is 23.2. The molecule has 2 nitrogen and oxygen atoms in total. The van der Waals surface area contributed by atoms with Crippen molar-refractivity contribution in [2.75, 3.05) is 6.54 Å². The first-order valence-corrected chi connectivity index (χ1v) is 9.65. The molecule has 22 heavy (non-hydrogen) atoms. The molecule has 0 saturated carbocycles. The number of rotatable bonds is 2. The van der Waals surface area contributed by atoms with Crippen molar-refractivity contribution in [3.05, 3.63) is 51.7 Å². The lowest BCUT2D eigenvalue weighted by atomic mass is 9.97. The van der Waals surface area contributed by atoms with Crippen molar-refractivity contribution in [3.63, 3.8) is 0 Å². The zero-order valence-corrected chi connectivity index (χ0v) is 14.3. The number of hydrogen-bond donors (Lipinski definition) is 0. The lowest BCUT2D eigenvalue weighted by Crippen LogP contribution is -2.43. The van der Waals surface area contributed by atoms with Gasteiger partial charge in [-0.15, -0.1) is 23.1 Å². The molecule has 0 radical (unpaired) electrons. The van der Waals surface area contributed by atoms with Crippen LogP contribution in [0.4, 0.5) is 0 Å². The monoisotopic (exact) mass is 329 g/mol. The van der Waals surface area contributed by atoms with E-state index in [9.17, 15) is 4.79 Å². The molecule has 2 aliphatic heterocycles. The molecular formula is C18H19NOS2. The van der Waals surface area contributed by atoms with Crippen molar-refractivity contribution < 1.29 is 4.79 Å². The largest absolute Gasteiger partial charge is 0.334 e. The fourth-order valence-electron chi connectivity index (χ4n) is 3.61. The van der Waals surface area contributed by atoms with Gasteiger partial charge < -0.3 is 4.90 Å². The molecule has 1 aromatic heterocycles. The van der Waals surface area contributed by atoms with E-state index in [0.29, 0.717) is 5.91 Å². The summed E-state index contributed by atoms with van der Waals surface area (Å²) in [5, 5.41) is 2.23. The van der Waals surface area contributed by atoms with E-state index in [1.165, 1.54) is 20.9 Å². The highest BCUT2D eigenvalue weighted by Gasteiger charge is 2.36. The fourth-order valence-corrected chi connectivity index (χ4v) is 5.80. The summed E-state index contributed by atoms with van der Waals surface area (Å²) < 4.78 is 0. The van der Waals surface area contributed by atoms with Crippen LogP contribution in [0, 0.1) is 0 Å². The van der Waals surface area contributed by atoms with E-state index in [0.717, 1.165) is 25.8 Å². The average molecular weight is 329 g/mol. The predicted octanol–water partition coefficient (Wildman–Crippen LogP) is 4.30. The maximum Gasteiger partial charge on any atom is 0.236 e. The van der Waals surface area contributed by atoms with Crippen molar-refractivity contribution in [1.82, 2.24) is 4.90 Å². The van der Waals surface area contributed by atoms with E-state index in [1.807, 2.05) is 11.3 Å². The quantitative estimate of drug-likeness (QED) is 0.819. The molecule has 0 spiro atoms. The maximum atomic E-state index is 13.1. The number of hydrogen-bond acceptors (Lipinski definition) is 3. The predicted molar refractivity (Wildman–Crippen MR) is 92.6 cm³/mol. The highest BCUT2D eigenvalue weighted by atomic mass is 32.2. The Morgan fingerprint density at radius 3 is 3.00 bits per heavy atom. The van der Waals surface area contributed by atoms with E-state index in [2.05, 4.69) is 47.5 Å². The molecule has 114 valence electrons. The number of thioether (sulfide) groups is 1. The Hall–Kier alpha value is -1.26. The standard InChI is InChI=1S/C18H19NOS2/c1-2-14-13-8-10-21-16(13)7-9-19(14)18(20)17-11-12-5-3-4-6-15(12)22-17/h3-6,8,10,14,17H,2,7,9,11H2,1H3. The summed E-state index contributed by atoms with van der Waals surface area (Å²) in [7, 11) is 0. The van der Waals surface area contributed by atoms with Crippen molar-refractivity contribution >= 4 is 29.0 Å². The van der Waals surface area contributed by atoms with Gasteiger partial charge in [0.2, 0.25) is 5.91 Å². The van der Waals surface area contributed by atoms with Gasteiger partial charge in [-0.1, -0.05) is 25.1 Å². The molecule has 1 aromatic carbocycles. The Balaban J connectivity index is 1.57. The molecular weight excluding hydrogens is 310 g/mol. The molecule has 2 aliphatic rings. The van der Waals surface area contributed by atoms with Gasteiger partial charge in [-0.05, 0) is 47.9 Å². The average Bonchev–Trinajstić information content (AvgIpc) is 3.19. The molecule has 2 unspecified atom stereocenters. The molecule has 2 atom stereocenters. The number of nitrogens with zero attached hydrogens (tertiary/aromatic N) is 1. The molecule has 0 fully saturated rings. The number of carbonyl (C=O) groups excluding carboxylic acids is 1. The Bertz CT molecular complexity index is 684. The molecule has 0 N–H and O–H groups in total. The second-order valence-electron chi connectivity index (χ2n) is 5.92. The van der Waals surface area contributed by atoms with Gasteiger partial charge in [0.05, 0.1) is 11.3 Å². The number of carbonyl (C=O) groups is 1. The second kappa shape index (κ2) is 5.74. The van der Waals surface area contributed by atoms with E-state index in [1.54, 1.807) is 11.8 Å². The van der Waals surface area contributed by atoms with Gasteiger partial charge >= 0.3 is 0 Å². The highest BCUT2D eigenvalue weighted by molar-refractivity contribution is 8.01. The van der Waals surface area contributed by atoms with Crippen LogP contribution < -0.4 is 0 Å². The van der Waals surface area contributed by atoms with Gasteiger partial charge in [-0.2, -0.15) is 0 Å². The molecule has 4 heteroatoms. The number of thiophene rings is 1. The second-order valence-corrected chi connectivity index (χ2v) is 8.17. The van der Waals surface area contributed by atoms with Gasteiger partial charge in [-0.25, -0.2) is 0 Å². The summed E-state index contributed by atoms with van der Waals surface area (Å²) >= 11 is 3.58. The van der Waals surface area contributed by atoms with Crippen LogP contribution in [-0.4, -0.2) is 22.6 Å². The van der Waals surface area contributed by atoms with Crippen LogP contribution in [0.5, 0.6) is 0 Å². The van der Waals surface area contributed by atoms with E-state index < -0.39 is 0 Å². The fraction of sp³-hybridized carbons (Fsp3) is 0.389. The minimum Gasteiger partial charge on any atom is -0.334 e. The van der Waals surface area contributed by atoms with E-state index >= 15 is 0 Å². The Labute approximate surface area is 139 Å². The van der Waals surface area contributed by atoms with Crippen molar-refractivity contribution in [1.29, 1.82) is 0 Å². The molecule has 3 heterocycles. The Morgan fingerprint density at radius 1 is 1.32 bits per heavy atom. The summed E-state index contributed by atoms with van der Waals surface area (Å²) in [6.45, 7) is 3.06. The smallest absolute Gasteiger partial charge is 0.236 e. The maximum absolute atomic E-state index is 13.1. The first-order chi connectivity index (χ1) is 10.8. The molecule has 4 rings (SSSR count). The number of amides is 1. The zero-order valence-electron chi connectivity index (χ0n) is 12.6. The summed E-state index contributed by atoms with van der Waals surface area (Å²) in [6.07, 6.45) is 2.89. The molecule has 2 aromatic rings. The molecule has 1 amide bonds. The van der Waals surface area contributed by atoms with Gasteiger partial charge in [0.15, 0.2) is 0 Å². The SMILES string of the molecule is CCC1c2ccsc2CCN1C(=O)C1Cc2ccccc2S1. The topological polar surface area (TPSA) is 20.3 Å². The Kier molecular flexibility index (Phi) is 3.74. The summed E-state index contributed by atoms with van der Waals surface area (Å²) in [4.78, 5) is 18.0. The van der Waals surface area contributed by atoms with Gasteiger partial charge in [0, 0.05) is 16.3 Å². The summed E-state index contributed by atoms with van der Waals surface area (Å²) in [5.41, 5.74) is 2.71. The van der Waals surface area contributed by atoms with Crippen LogP contribution in [0.1, 0.15) is 35.4 Å². The first kappa shape index (κ1) is 14.3. The molecule has 0 bridgehead atoms. The van der Waals surface area contributed by atoms with Gasteiger partial charge in [0.25, 0.3) is 0 Å². The Morgan fingerprint density at radius 2 is 2.18 bits per heavy atom. The van der Waals surface area contributed by atoms with E-state index in [-0.39, 0.29) is 11.3 Å². The van der Waals surface area contributed by atoms with Crippen molar-refractivity contribution in [2.24, 2.45) is 0 Å².